The van der Waals surface area contributed by atoms with Crippen LogP contribution in [0.2, 0.25) is 5.02 Å². The number of aromatic nitrogens is 1. The topological polar surface area (TPSA) is 45.3 Å². The summed E-state index contributed by atoms with van der Waals surface area (Å²) in [4.78, 5) is 17.8. The Bertz CT molecular complexity index is 1130. The molecule has 0 fully saturated rings. The maximum Gasteiger partial charge on any atom is 0.573 e. The lowest BCUT2D eigenvalue weighted by molar-refractivity contribution is -0.274. The molecule has 4 nitrogen and oxygen atoms in total. The molecule has 0 aliphatic rings. The summed E-state index contributed by atoms with van der Waals surface area (Å²) < 4.78 is 40.7. The minimum Gasteiger partial charge on any atom is -0.406 e. The molecular weight excluding hydrogens is 429 g/mol. The fourth-order valence-corrected chi connectivity index (χ4v) is 3.64. The van der Waals surface area contributed by atoms with Crippen molar-refractivity contribution in [2.24, 2.45) is 0 Å². The summed E-state index contributed by atoms with van der Waals surface area (Å²) >= 11 is 6.14. The number of pyridine rings is 1. The third kappa shape index (κ3) is 5.89. The highest BCUT2D eigenvalue weighted by molar-refractivity contribution is 6.31. The summed E-state index contributed by atoms with van der Waals surface area (Å²) in [6.45, 7) is 4.72. The molecule has 0 bridgehead atoms. The van der Waals surface area contributed by atoms with Crippen LogP contribution < -0.4 is 10.2 Å². The lowest BCUT2D eigenvalue weighted by Crippen LogP contribution is -2.18. The first-order chi connectivity index (χ1) is 14.5. The zero-order valence-corrected chi connectivity index (χ0v) is 18.1. The van der Waals surface area contributed by atoms with Crippen LogP contribution in [0.4, 0.5) is 13.2 Å². The van der Waals surface area contributed by atoms with Gasteiger partial charge in [0.05, 0.1) is 0 Å². The number of rotatable bonds is 6. The summed E-state index contributed by atoms with van der Waals surface area (Å²) in [6.07, 6.45) is -4.70. The molecule has 3 aromatic rings. The van der Waals surface area contributed by atoms with E-state index in [1.807, 2.05) is 43.1 Å². The van der Waals surface area contributed by atoms with Gasteiger partial charge in [0.1, 0.15) is 10.8 Å². The van der Waals surface area contributed by atoms with Gasteiger partial charge in [0.25, 0.3) is 0 Å². The predicted molar refractivity (Wildman–Crippen MR) is 115 cm³/mol. The van der Waals surface area contributed by atoms with Crippen molar-refractivity contribution in [3.05, 3.63) is 86.3 Å². The van der Waals surface area contributed by atoms with Crippen LogP contribution >= 0.6 is 11.6 Å². The van der Waals surface area contributed by atoms with Crippen molar-refractivity contribution < 1.29 is 17.9 Å². The Morgan fingerprint density at radius 1 is 1.00 bits per heavy atom. The maximum absolute atomic E-state index is 12.7. The predicted octanol–water partition coefficient (Wildman–Crippen LogP) is 5.84. The van der Waals surface area contributed by atoms with Crippen LogP contribution in [0.5, 0.6) is 5.75 Å². The molecule has 0 atom stereocenters. The average molecular weight is 451 g/mol. The number of benzene rings is 2. The quantitative estimate of drug-likeness (QED) is 0.513. The van der Waals surface area contributed by atoms with E-state index < -0.39 is 6.36 Å². The van der Waals surface area contributed by atoms with Gasteiger partial charge in [-0.05, 0) is 55.8 Å². The molecule has 31 heavy (non-hydrogen) atoms. The number of halogens is 4. The first kappa shape index (κ1) is 22.9. The minimum atomic E-state index is -4.70. The summed E-state index contributed by atoms with van der Waals surface area (Å²) in [5, 5.41) is 0.182. The maximum atomic E-state index is 12.7. The van der Waals surface area contributed by atoms with Gasteiger partial charge in [0.15, 0.2) is 0 Å². The molecule has 0 radical (unpaired) electrons. The second kappa shape index (κ2) is 9.16. The van der Waals surface area contributed by atoms with Crippen LogP contribution in [0.3, 0.4) is 0 Å². The second-order valence-corrected chi connectivity index (χ2v) is 7.84. The number of hydrogen-bond donors (Lipinski definition) is 1. The van der Waals surface area contributed by atoms with Crippen molar-refractivity contribution in [2.75, 3.05) is 7.05 Å². The SMILES string of the molecule is Cc1[nH]c(C)c(-c2cccc(CN(C)Cc3ccc(OC(F)(F)F)cc3)c2)c(=O)c1Cl. The molecule has 1 heterocycles. The van der Waals surface area contributed by atoms with Crippen LogP contribution in [0.15, 0.2) is 53.3 Å². The lowest BCUT2D eigenvalue weighted by atomic mass is 10.0. The molecule has 164 valence electrons. The molecule has 0 aliphatic carbocycles. The molecule has 0 aliphatic heterocycles. The van der Waals surface area contributed by atoms with Crippen LogP contribution in [-0.2, 0) is 13.1 Å². The van der Waals surface area contributed by atoms with Crippen LogP contribution in [0.25, 0.3) is 11.1 Å². The van der Waals surface area contributed by atoms with Gasteiger partial charge in [-0.3, -0.25) is 9.69 Å². The molecule has 1 N–H and O–H groups in total. The summed E-state index contributed by atoms with van der Waals surface area (Å²) in [5.41, 5.74) is 4.34. The van der Waals surface area contributed by atoms with Crippen LogP contribution in [0.1, 0.15) is 22.5 Å². The molecule has 2 aromatic carbocycles. The fourth-order valence-electron chi connectivity index (χ4n) is 3.50. The fraction of sp³-hybridized carbons (Fsp3) is 0.261. The van der Waals surface area contributed by atoms with E-state index in [1.165, 1.54) is 12.1 Å². The van der Waals surface area contributed by atoms with E-state index in [9.17, 15) is 18.0 Å². The van der Waals surface area contributed by atoms with Crippen molar-refractivity contribution >= 4 is 11.6 Å². The Morgan fingerprint density at radius 3 is 2.29 bits per heavy atom. The highest BCUT2D eigenvalue weighted by Gasteiger charge is 2.30. The number of aryl methyl sites for hydroxylation is 2. The van der Waals surface area contributed by atoms with Gasteiger partial charge in [-0.1, -0.05) is 41.9 Å². The van der Waals surface area contributed by atoms with Gasteiger partial charge >= 0.3 is 6.36 Å². The Kier molecular flexibility index (Phi) is 6.77. The third-order valence-electron chi connectivity index (χ3n) is 4.78. The first-order valence-corrected chi connectivity index (χ1v) is 9.93. The Morgan fingerprint density at radius 2 is 1.65 bits per heavy atom. The molecule has 0 saturated heterocycles. The number of hydrogen-bond acceptors (Lipinski definition) is 3. The van der Waals surface area contributed by atoms with Gasteiger partial charge in [-0.25, -0.2) is 0 Å². The molecule has 0 saturated carbocycles. The number of nitrogens with one attached hydrogen (secondary N) is 1. The van der Waals surface area contributed by atoms with Gasteiger partial charge in [-0.2, -0.15) is 0 Å². The summed E-state index contributed by atoms with van der Waals surface area (Å²) in [7, 11) is 1.91. The highest BCUT2D eigenvalue weighted by Crippen LogP contribution is 2.25. The van der Waals surface area contributed by atoms with E-state index in [4.69, 9.17) is 11.6 Å². The Balaban J connectivity index is 1.73. The van der Waals surface area contributed by atoms with Gasteiger partial charge in [-0.15, -0.1) is 13.2 Å². The normalized spacial score (nSPS) is 11.7. The van der Waals surface area contributed by atoms with E-state index in [2.05, 4.69) is 9.72 Å². The zero-order valence-electron chi connectivity index (χ0n) is 17.3. The third-order valence-corrected chi connectivity index (χ3v) is 5.24. The van der Waals surface area contributed by atoms with Crippen molar-refractivity contribution in [1.29, 1.82) is 0 Å². The zero-order chi connectivity index (χ0) is 22.8. The molecule has 3 rings (SSSR count). The number of nitrogens with zero attached hydrogens (tertiary/aromatic N) is 1. The lowest BCUT2D eigenvalue weighted by Gasteiger charge is -2.18. The molecule has 0 unspecified atom stereocenters. The first-order valence-electron chi connectivity index (χ1n) is 9.55. The van der Waals surface area contributed by atoms with E-state index >= 15 is 0 Å². The molecular formula is C23H22ClF3N2O2. The monoisotopic (exact) mass is 450 g/mol. The van der Waals surface area contributed by atoms with Crippen LogP contribution in [0, 0.1) is 13.8 Å². The van der Waals surface area contributed by atoms with E-state index in [-0.39, 0.29) is 16.2 Å². The summed E-state index contributed by atoms with van der Waals surface area (Å²) in [5.74, 6) is -0.246. The largest absolute Gasteiger partial charge is 0.573 e. The number of alkyl halides is 3. The molecule has 1 aromatic heterocycles. The second-order valence-electron chi connectivity index (χ2n) is 7.46. The van der Waals surface area contributed by atoms with Crippen molar-refractivity contribution in [3.8, 4) is 16.9 Å². The minimum absolute atomic E-state index is 0.182. The Hall–Kier alpha value is -2.77. The van der Waals surface area contributed by atoms with E-state index in [1.54, 1.807) is 19.1 Å². The smallest absolute Gasteiger partial charge is 0.406 e. The van der Waals surface area contributed by atoms with Gasteiger partial charge in [0, 0.05) is 30.0 Å². The standard InChI is InChI=1S/C23H22ClF3N2O2/c1-14-20(22(30)21(24)15(2)28-14)18-6-4-5-17(11-18)13-29(3)12-16-7-9-19(10-8-16)31-23(25,26)27/h4-11H,12-13H2,1-3H3,(H,28,30). The van der Waals surface area contributed by atoms with E-state index in [0.717, 1.165) is 22.4 Å². The average Bonchev–Trinajstić information content (AvgIpc) is 2.67. The van der Waals surface area contributed by atoms with Crippen LogP contribution in [-0.4, -0.2) is 23.3 Å². The number of ether oxygens (including phenoxy) is 1. The number of aromatic amines is 1. The van der Waals surface area contributed by atoms with Crippen molar-refractivity contribution in [3.63, 3.8) is 0 Å². The highest BCUT2D eigenvalue weighted by atomic mass is 35.5. The molecule has 8 heteroatoms. The molecule has 0 spiro atoms. The Labute approximate surface area is 183 Å². The number of H-pyrrole nitrogens is 1. The van der Waals surface area contributed by atoms with Gasteiger partial charge < -0.3 is 9.72 Å². The van der Waals surface area contributed by atoms with Crippen molar-refractivity contribution in [1.82, 2.24) is 9.88 Å². The molecule has 0 amide bonds. The summed E-state index contributed by atoms with van der Waals surface area (Å²) in [6, 6.07) is 13.5. The van der Waals surface area contributed by atoms with E-state index in [0.29, 0.717) is 24.3 Å². The van der Waals surface area contributed by atoms with Gasteiger partial charge in [0.2, 0.25) is 5.43 Å². The van der Waals surface area contributed by atoms with Crippen molar-refractivity contribution in [2.45, 2.75) is 33.3 Å².